The van der Waals surface area contributed by atoms with E-state index >= 15 is 0 Å². The van der Waals surface area contributed by atoms with Gasteiger partial charge in [0.05, 0.1) is 17.2 Å². The second-order valence-electron chi connectivity index (χ2n) is 6.08. The molecule has 1 fully saturated rings. The first-order chi connectivity index (χ1) is 13.2. The second-order valence-corrected chi connectivity index (χ2v) is 7.97. The van der Waals surface area contributed by atoms with Crippen LogP contribution in [0.15, 0.2) is 45.9 Å². The fraction of sp³-hybridized carbons (Fsp3) is 0.353. The van der Waals surface area contributed by atoms with Gasteiger partial charge in [-0.05, 0) is 30.4 Å². The predicted molar refractivity (Wildman–Crippen MR) is 104 cm³/mol. The zero-order valence-electron chi connectivity index (χ0n) is 14.4. The molecular formula is C17H18N6O2S2. The van der Waals surface area contributed by atoms with Crippen LogP contribution in [0.3, 0.4) is 0 Å². The van der Waals surface area contributed by atoms with E-state index in [9.17, 15) is 9.59 Å². The van der Waals surface area contributed by atoms with Gasteiger partial charge in [-0.1, -0.05) is 17.8 Å². The van der Waals surface area contributed by atoms with Crippen molar-refractivity contribution in [2.45, 2.75) is 30.6 Å². The normalized spacial score (nSPS) is 13.6. The summed E-state index contributed by atoms with van der Waals surface area (Å²) >= 11 is 2.84. The number of hydrogen-bond donors (Lipinski definition) is 1. The smallest absolute Gasteiger partial charge is 0.346 e. The average Bonchev–Trinajstić information content (AvgIpc) is 3.26. The van der Waals surface area contributed by atoms with Crippen LogP contribution < -0.4 is 11.0 Å². The van der Waals surface area contributed by atoms with Crippen molar-refractivity contribution in [3.8, 4) is 10.7 Å². The van der Waals surface area contributed by atoms with Crippen LogP contribution in [-0.4, -0.2) is 42.5 Å². The Morgan fingerprint density at radius 2 is 2.11 bits per heavy atom. The summed E-state index contributed by atoms with van der Waals surface area (Å²) in [5.41, 5.74) is -0.109. The maximum Gasteiger partial charge on any atom is 0.346 e. The van der Waals surface area contributed by atoms with Gasteiger partial charge in [-0.15, -0.1) is 16.4 Å². The fourth-order valence-electron chi connectivity index (χ4n) is 2.64. The van der Waals surface area contributed by atoms with Gasteiger partial charge in [-0.2, -0.15) is 0 Å². The molecule has 140 valence electrons. The van der Waals surface area contributed by atoms with E-state index in [1.165, 1.54) is 16.4 Å². The topological polar surface area (TPSA) is 94.7 Å². The minimum atomic E-state index is -0.124. The van der Waals surface area contributed by atoms with E-state index in [1.807, 2.05) is 17.5 Å². The Hall–Kier alpha value is -2.46. The molecule has 0 atom stereocenters. The standard InChI is InChI=1S/C17H18N6O2S2/c24-14(11-27-16-19-6-2-7-20-16)18-8-9-22-17(25)23(12-4-5-12)15(21-22)13-3-1-10-26-13/h1-3,6-7,10,12H,4-5,8-9,11H2,(H,18,24). The van der Waals surface area contributed by atoms with Gasteiger partial charge in [0.2, 0.25) is 5.91 Å². The molecular weight excluding hydrogens is 384 g/mol. The maximum atomic E-state index is 12.7. The highest BCUT2D eigenvalue weighted by Crippen LogP contribution is 2.37. The van der Waals surface area contributed by atoms with Gasteiger partial charge in [-0.3, -0.25) is 9.36 Å². The van der Waals surface area contributed by atoms with E-state index in [4.69, 9.17) is 0 Å². The summed E-state index contributed by atoms with van der Waals surface area (Å²) in [7, 11) is 0. The number of carbonyl (C=O) groups is 1. The number of nitrogens with zero attached hydrogens (tertiary/aromatic N) is 5. The molecule has 10 heteroatoms. The number of hydrogen-bond acceptors (Lipinski definition) is 7. The Morgan fingerprint density at radius 3 is 2.81 bits per heavy atom. The van der Waals surface area contributed by atoms with Crippen LogP contribution in [0, 0.1) is 0 Å². The molecule has 0 aromatic carbocycles. The first-order valence-corrected chi connectivity index (χ1v) is 10.5. The third-order valence-corrected chi connectivity index (χ3v) is 5.79. The highest BCUT2D eigenvalue weighted by Gasteiger charge is 2.30. The van der Waals surface area contributed by atoms with Crippen molar-refractivity contribution < 1.29 is 4.79 Å². The molecule has 1 saturated carbocycles. The summed E-state index contributed by atoms with van der Waals surface area (Å²) in [4.78, 5) is 33.8. The van der Waals surface area contributed by atoms with Crippen molar-refractivity contribution in [1.82, 2.24) is 29.6 Å². The molecule has 0 saturated heterocycles. The largest absolute Gasteiger partial charge is 0.354 e. The first kappa shape index (κ1) is 17.9. The van der Waals surface area contributed by atoms with E-state index in [0.29, 0.717) is 18.2 Å². The zero-order valence-corrected chi connectivity index (χ0v) is 16.1. The number of carbonyl (C=O) groups excluding carboxylic acids is 1. The molecule has 3 aromatic heterocycles. The molecule has 0 unspecified atom stereocenters. The van der Waals surface area contributed by atoms with Gasteiger partial charge in [-0.25, -0.2) is 19.4 Å². The summed E-state index contributed by atoms with van der Waals surface area (Å²) in [6.07, 6.45) is 5.31. The van der Waals surface area contributed by atoms with Gasteiger partial charge >= 0.3 is 5.69 Å². The van der Waals surface area contributed by atoms with Gasteiger partial charge < -0.3 is 5.32 Å². The molecule has 1 N–H and O–H groups in total. The van der Waals surface area contributed by atoms with Gasteiger partial charge in [0.1, 0.15) is 0 Å². The monoisotopic (exact) mass is 402 g/mol. The fourth-order valence-corrected chi connectivity index (χ4v) is 3.98. The summed E-state index contributed by atoms with van der Waals surface area (Å²) < 4.78 is 3.23. The number of amides is 1. The van der Waals surface area contributed by atoms with Gasteiger partial charge in [0, 0.05) is 25.0 Å². The Balaban J connectivity index is 1.35. The summed E-state index contributed by atoms with van der Waals surface area (Å²) in [5, 5.41) is 9.86. The zero-order chi connectivity index (χ0) is 18.6. The Labute approximate surface area is 163 Å². The van der Waals surface area contributed by atoms with Crippen LogP contribution in [0.5, 0.6) is 0 Å². The maximum absolute atomic E-state index is 12.7. The number of thiophene rings is 1. The number of thioether (sulfide) groups is 1. The van der Waals surface area contributed by atoms with Gasteiger partial charge in [0.15, 0.2) is 11.0 Å². The SMILES string of the molecule is O=C(CSc1ncccn1)NCCn1nc(-c2cccs2)n(C2CC2)c1=O. The molecule has 1 aliphatic rings. The van der Waals surface area contributed by atoms with Crippen LogP contribution >= 0.6 is 23.1 Å². The second kappa shape index (κ2) is 8.05. The van der Waals surface area contributed by atoms with Crippen molar-refractivity contribution >= 4 is 29.0 Å². The molecule has 3 aromatic rings. The highest BCUT2D eigenvalue weighted by atomic mass is 32.2. The van der Waals surface area contributed by atoms with E-state index in [0.717, 1.165) is 23.5 Å². The van der Waals surface area contributed by atoms with Crippen LogP contribution in [0.4, 0.5) is 0 Å². The lowest BCUT2D eigenvalue weighted by molar-refractivity contribution is -0.118. The molecule has 4 rings (SSSR count). The Kier molecular flexibility index (Phi) is 5.35. The third kappa shape index (κ3) is 4.28. The van der Waals surface area contributed by atoms with Crippen LogP contribution in [0.1, 0.15) is 18.9 Å². The summed E-state index contributed by atoms with van der Waals surface area (Å²) in [6, 6.07) is 5.91. The molecule has 0 aliphatic heterocycles. The molecule has 27 heavy (non-hydrogen) atoms. The van der Waals surface area contributed by atoms with E-state index in [2.05, 4.69) is 20.4 Å². The van der Waals surface area contributed by atoms with Crippen LogP contribution in [-0.2, 0) is 11.3 Å². The van der Waals surface area contributed by atoms with Crippen molar-refractivity contribution in [2.75, 3.05) is 12.3 Å². The van der Waals surface area contributed by atoms with Crippen molar-refractivity contribution in [2.24, 2.45) is 0 Å². The van der Waals surface area contributed by atoms with Gasteiger partial charge in [0.25, 0.3) is 0 Å². The quantitative estimate of drug-likeness (QED) is 0.456. The predicted octanol–water partition coefficient (Wildman–Crippen LogP) is 1.81. The molecule has 0 bridgehead atoms. The summed E-state index contributed by atoms with van der Waals surface area (Å²) in [6.45, 7) is 0.690. The Bertz CT molecular complexity index is 963. The first-order valence-electron chi connectivity index (χ1n) is 8.62. The molecule has 0 radical (unpaired) electrons. The number of aromatic nitrogens is 5. The minimum Gasteiger partial charge on any atom is -0.354 e. The van der Waals surface area contributed by atoms with Crippen LogP contribution in [0.2, 0.25) is 0 Å². The molecule has 1 aliphatic carbocycles. The third-order valence-electron chi connectivity index (χ3n) is 4.04. The van der Waals surface area contributed by atoms with E-state index in [1.54, 1.807) is 34.4 Å². The summed E-state index contributed by atoms with van der Waals surface area (Å²) in [5.74, 6) is 0.830. The molecule has 3 heterocycles. The lowest BCUT2D eigenvalue weighted by Crippen LogP contribution is -2.33. The Morgan fingerprint density at radius 1 is 1.30 bits per heavy atom. The van der Waals surface area contributed by atoms with Crippen molar-refractivity contribution in [3.05, 3.63) is 46.5 Å². The number of nitrogens with one attached hydrogen (secondary N) is 1. The van der Waals surface area contributed by atoms with E-state index < -0.39 is 0 Å². The van der Waals surface area contributed by atoms with Crippen molar-refractivity contribution in [1.29, 1.82) is 0 Å². The highest BCUT2D eigenvalue weighted by molar-refractivity contribution is 7.99. The molecule has 8 nitrogen and oxygen atoms in total. The van der Waals surface area contributed by atoms with Crippen molar-refractivity contribution in [3.63, 3.8) is 0 Å². The van der Waals surface area contributed by atoms with Crippen LogP contribution in [0.25, 0.3) is 10.7 Å². The van der Waals surface area contributed by atoms with E-state index in [-0.39, 0.29) is 23.4 Å². The lowest BCUT2D eigenvalue weighted by Gasteiger charge is -2.04. The average molecular weight is 403 g/mol. The minimum absolute atomic E-state index is 0.109. The molecule has 0 spiro atoms. The molecule has 1 amide bonds. The number of rotatable bonds is 8. The lowest BCUT2D eigenvalue weighted by atomic mass is 10.4.